The number of anilines is 1. The van der Waals surface area contributed by atoms with Crippen molar-refractivity contribution in [1.29, 1.82) is 0 Å². The molecule has 1 heterocycles. The Kier molecular flexibility index (Phi) is 8.91. The molecule has 3 aromatic rings. The van der Waals surface area contributed by atoms with E-state index in [0.717, 1.165) is 6.42 Å². The molecule has 0 aliphatic rings. The van der Waals surface area contributed by atoms with E-state index in [-0.39, 0.29) is 52.8 Å². The number of ether oxygens (including phenoxy) is 3. The van der Waals surface area contributed by atoms with Gasteiger partial charge in [0.1, 0.15) is 24.4 Å². The Bertz CT molecular complexity index is 1200. The van der Waals surface area contributed by atoms with Crippen molar-refractivity contribution in [2.24, 2.45) is 5.73 Å². The van der Waals surface area contributed by atoms with Crippen molar-refractivity contribution in [3.8, 4) is 23.1 Å². The van der Waals surface area contributed by atoms with Crippen molar-refractivity contribution in [3.05, 3.63) is 59.9 Å². The molecule has 0 saturated carbocycles. The lowest BCUT2D eigenvalue weighted by molar-refractivity contribution is 0.297. The van der Waals surface area contributed by atoms with Gasteiger partial charge in [0.05, 0.1) is 17.0 Å². The fourth-order valence-corrected chi connectivity index (χ4v) is 4.67. The fourth-order valence-electron chi connectivity index (χ4n) is 3.03. The fraction of sp³-hybridized carbons (Fsp3) is 0.304. The zero-order valence-corrected chi connectivity index (χ0v) is 20.6. The second-order valence-electron chi connectivity index (χ2n) is 7.11. The van der Waals surface area contributed by atoms with Crippen molar-refractivity contribution in [1.82, 2.24) is 9.97 Å². The van der Waals surface area contributed by atoms with E-state index in [4.69, 9.17) is 31.5 Å². The molecule has 0 atom stereocenters. The van der Waals surface area contributed by atoms with Crippen molar-refractivity contribution < 1.29 is 22.6 Å². The molecule has 0 spiro atoms. The zero-order valence-electron chi connectivity index (χ0n) is 19.0. The average molecular weight is 507 g/mol. The summed E-state index contributed by atoms with van der Waals surface area (Å²) in [6.45, 7) is 2.50. The van der Waals surface area contributed by atoms with Gasteiger partial charge >= 0.3 is 0 Å². The Morgan fingerprint density at radius 1 is 1.12 bits per heavy atom. The van der Waals surface area contributed by atoms with Gasteiger partial charge in [-0.25, -0.2) is 17.7 Å². The Hall–Kier alpha value is -3.08. The molecule has 2 N–H and O–H groups in total. The van der Waals surface area contributed by atoms with Gasteiger partial charge in [-0.05, 0) is 30.7 Å². The molecule has 1 aromatic heterocycles. The molecular formula is C23H27ClN4O5S. The van der Waals surface area contributed by atoms with E-state index in [0.29, 0.717) is 12.2 Å². The smallest absolute Gasteiger partial charge is 0.265 e. The summed E-state index contributed by atoms with van der Waals surface area (Å²) < 4.78 is 45.5. The highest BCUT2D eigenvalue weighted by atomic mass is 35.5. The Morgan fingerprint density at radius 3 is 2.56 bits per heavy atom. The van der Waals surface area contributed by atoms with Crippen LogP contribution in [0.2, 0.25) is 5.02 Å². The SMILES string of the molecule is CCCCN(c1ncnc(OCCN)c1Oc1cc(OC)ccc1Cl)S(=O)(=O)c1ccccc1. The van der Waals surface area contributed by atoms with Crippen LogP contribution in [0.25, 0.3) is 0 Å². The first-order chi connectivity index (χ1) is 16.4. The number of hydrogen-bond donors (Lipinski definition) is 1. The van der Waals surface area contributed by atoms with Crippen LogP contribution in [0.1, 0.15) is 19.8 Å². The molecule has 34 heavy (non-hydrogen) atoms. The molecule has 0 saturated heterocycles. The van der Waals surface area contributed by atoms with Gasteiger partial charge in [-0.3, -0.25) is 0 Å². The second kappa shape index (κ2) is 11.9. The summed E-state index contributed by atoms with van der Waals surface area (Å²) in [6, 6.07) is 13.0. The average Bonchev–Trinajstić information content (AvgIpc) is 2.85. The lowest BCUT2D eigenvalue weighted by Crippen LogP contribution is -2.33. The third-order valence-corrected chi connectivity index (χ3v) is 6.86. The molecule has 11 heteroatoms. The van der Waals surface area contributed by atoms with Crippen molar-refractivity contribution in [2.75, 3.05) is 31.1 Å². The number of unbranched alkanes of at least 4 members (excludes halogenated alkanes) is 1. The minimum Gasteiger partial charge on any atom is -0.497 e. The van der Waals surface area contributed by atoms with E-state index in [9.17, 15) is 8.42 Å². The largest absolute Gasteiger partial charge is 0.497 e. The van der Waals surface area contributed by atoms with Gasteiger partial charge in [-0.15, -0.1) is 0 Å². The lowest BCUT2D eigenvalue weighted by Gasteiger charge is -2.26. The molecule has 9 nitrogen and oxygen atoms in total. The number of hydrogen-bond acceptors (Lipinski definition) is 8. The van der Waals surface area contributed by atoms with Crippen LogP contribution in [0.15, 0.2) is 59.8 Å². The van der Waals surface area contributed by atoms with Crippen molar-refractivity contribution in [3.63, 3.8) is 0 Å². The summed E-state index contributed by atoms with van der Waals surface area (Å²) in [5, 5.41) is 0.284. The lowest BCUT2D eigenvalue weighted by atomic mass is 10.3. The number of nitrogens with zero attached hydrogens (tertiary/aromatic N) is 3. The molecule has 0 aliphatic carbocycles. The van der Waals surface area contributed by atoms with E-state index in [1.807, 2.05) is 6.92 Å². The van der Waals surface area contributed by atoms with E-state index in [1.165, 1.54) is 29.9 Å². The predicted octanol–water partition coefficient (Wildman–Crippen LogP) is 4.26. The molecule has 0 fully saturated rings. The molecule has 182 valence electrons. The molecule has 0 amide bonds. The number of aromatic nitrogens is 2. The van der Waals surface area contributed by atoms with Crippen LogP contribution >= 0.6 is 11.6 Å². The van der Waals surface area contributed by atoms with Crippen LogP contribution in [-0.2, 0) is 10.0 Å². The first-order valence-corrected chi connectivity index (χ1v) is 12.5. The quantitative estimate of drug-likeness (QED) is 0.387. The van der Waals surface area contributed by atoms with Crippen LogP contribution < -0.4 is 24.2 Å². The van der Waals surface area contributed by atoms with Gasteiger partial charge in [0.25, 0.3) is 15.9 Å². The van der Waals surface area contributed by atoms with E-state index in [2.05, 4.69) is 9.97 Å². The number of benzene rings is 2. The van der Waals surface area contributed by atoms with Crippen molar-refractivity contribution in [2.45, 2.75) is 24.7 Å². The van der Waals surface area contributed by atoms with Crippen LogP contribution in [-0.4, -0.2) is 45.2 Å². The predicted molar refractivity (Wildman–Crippen MR) is 131 cm³/mol. The zero-order chi connectivity index (χ0) is 24.6. The van der Waals surface area contributed by atoms with Crippen LogP contribution in [0.3, 0.4) is 0 Å². The van der Waals surface area contributed by atoms with Crippen molar-refractivity contribution >= 4 is 27.4 Å². The van der Waals surface area contributed by atoms with Gasteiger partial charge in [-0.1, -0.05) is 43.1 Å². The standard InChI is InChI=1S/C23H27ClN4O5S/c1-3-4-13-28(34(29,30)18-8-6-5-7-9-18)22-21(23(27-16-26-22)32-14-12-25)33-20-15-17(31-2)10-11-19(20)24/h5-11,15-16H,3-4,12-14,25H2,1-2H3. The monoisotopic (exact) mass is 506 g/mol. The molecule has 0 aliphatic heterocycles. The highest BCUT2D eigenvalue weighted by Crippen LogP contribution is 2.42. The summed E-state index contributed by atoms with van der Waals surface area (Å²) in [7, 11) is -2.46. The van der Waals surface area contributed by atoms with Crippen LogP contribution in [0.4, 0.5) is 5.82 Å². The molecule has 2 aromatic carbocycles. The van der Waals surface area contributed by atoms with Crippen LogP contribution in [0.5, 0.6) is 23.1 Å². The first-order valence-electron chi connectivity index (χ1n) is 10.7. The summed E-state index contributed by atoms with van der Waals surface area (Å²) in [5.74, 6) is 0.795. The number of sulfonamides is 1. The van der Waals surface area contributed by atoms with E-state index in [1.54, 1.807) is 36.4 Å². The summed E-state index contributed by atoms with van der Waals surface area (Å²) in [6.07, 6.45) is 2.58. The highest BCUT2D eigenvalue weighted by Gasteiger charge is 2.31. The minimum atomic E-state index is -3.98. The van der Waals surface area contributed by atoms with Gasteiger partial charge in [-0.2, -0.15) is 4.98 Å². The molecular weight excluding hydrogens is 480 g/mol. The molecule has 0 unspecified atom stereocenters. The summed E-state index contributed by atoms with van der Waals surface area (Å²) >= 11 is 6.35. The van der Waals surface area contributed by atoms with Gasteiger partial charge < -0.3 is 19.9 Å². The number of halogens is 1. The number of rotatable bonds is 12. The molecule has 0 bridgehead atoms. The van der Waals surface area contributed by atoms with E-state index >= 15 is 0 Å². The third-order valence-electron chi connectivity index (χ3n) is 4.74. The maximum atomic E-state index is 13.6. The first kappa shape index (κ1) is 25.5. The Morgan fingerprint density at radius 2 is 1.88 bits per heavy atom. The summed E-state index contributed by atoms with van der Waals surface area (Å²) in [5.41, 5.74) is 5.60. The maximum absolute atomic E-state index is 13.6. The van der Waals surface area contributed by atoms with Gasteiger partial charge in [0.2, 0.25) is 5.75 Å². The number of nitrogens with two attached hydrogens (primary N) is 1. The Balaban J connectivity index is 2.18. The van der Waals surface area contributed by atoms with Crippen LogP contribution in [0, 0.1) is 0 Å². The Labute approximate surface area is 204 Å². The van der Waals surface area contributed by atoms with Gasteiger partial charge in [0, 0.05) is 19.2 Å². The topological polar surface area (TPSA) is 117 Å². The molecule has 0 radical (unpaired) electrons. The third kappa shape index (κ3) is 5.88. The van der Waals surface area contributed by atoms with Gasteiger partial charge in [0.15, 0.2) is 5.82 Å². The second-order valence-corrected chi connectivity index (χ2v) is 9.38. The minimum absolute atomic E-state index is 0.00159. The van der Waals surface area contributed by atoms with E-state index < -0.39 is 10.0 Å². The maximum Gasteiger partial charge on any atom is 0.265 e. The number of methoxy groups -OCH3 is 1. The molecule has 3 rings (SSSR count). The summed E-state index contributed by atoms with van der Waals surface area (Å²) in [4.78, 5) is 8.56. The normalized spacial score (nSPS) is 11.2. The highest BCUT2D eigenvalue weighted by molar-refractivity contribution is 7.92.